The number of methoxy groups -OCH3 is 1. The van der Waals surface area contributed by atoms with Crippen molar-refractivity contribution in [1.29, 1.82) is 0 Å². The second kappa shape index (κ2) is 9.94. The fourth-order valence-electron chi connectivity index (χ4n) is 4.57. The number of imide groups is 1. The third-order valence-corrected chi connectivity index (χ3v) is 6.57. The predicted octanol–water partition coefficient (Wildman–Crippen LogP) is 2.13. The number of nitrogens with zero attached hydrogens (tertiary/aromatic N) is 3. The number of benzene rings is 2. The zero-order valence-electron chi connectivity index (χ0n) is 20.8. The number of ether oxygens (including phenoxy) is 1. The summed E-state index contributed by atoms with van der Waals surface area (Å²) in [7, 11) is 1.49. The van der Waals surface area contributed by atoms with Gasteiger partial charge in [-0.2, -0.15) is 13.2 Å². The van der Waals surface area contributed by atoms with Gasteiger partial charge in [-0.1, -0.05) is 30.3 Å². The molecule has 0 radical (unpaired) electrons. The number of alkyl halides is 3. The molecule has 3 heterocycles. The molecule has 14 heteroatoms. The van der Waals surface area contributed by atoms with Crippen LogP contribution in [0.5, 0.6) is 5.75 Å². The van der Waals surface area contributed by atoms with Gasteiger partial charge in [0.15, 0.2) is 5.54 Å². The van der Waals surface area contributed by atoms with Gasteiger partial charge in [0.2, 0.25) is 0 Å². The lowest BCUT2D eigenvalue weighted by Crippen LogP contribution is -2.52. The van der Waals surface area contributed by atoms with Gasteiger partial charge in [-0.3, -0.25) is 24.7 Å². The number of aromatic nitrogens is 2. The van der Waals surface area contributed by atoms with Crippen LogP contribution in [0.2, 0.25) is 0 Å². The Morgan fingerprint density at radius 2 is 1.85 bits per heavy atom. The molecule has 3 aromatic rings. The van der Waals surface area contributed by atoms with Crippen molar-refractivity contribution in [3.05, 3.63) is 77.2 Å². The van der Waals surface area contributed by atoms with Crippen molar-refractivity contribution in [3.63, 3.8) is 0 Å². The molecule has 0 spiro atoms. The van der Waals surface area contributed by atoms with Crippen LogP contribution in [-0.4, -0.2) is 65.0 Å². The van der Waals surface area contributed by atoms with Crippen molar-refractivity contribution in [2.45, 2.75) is 18.3 Å². The smallest absolute Gasteiger partial charge is 0.405 e. The van der Waals surface area contributed by atoms with Gasteiger partial charge in [0.25, 0.3) is 17.7 Å². The molecule has 0 aliphatic carbocycles. The molecule has 1 saturated heterocycles. The molecule has 0 saturated carbocycles. The number of carbonyl (C=O) groups excluding carboxylic acids is 4. The summed E-state index contributed by atoms with van der Waals surface area (Å²) in [4.78, 5) is 59.7. The molecule has 11 nitrogen and oxygen atoms in total. The summed E-state index contributed by atoms with van der Waals surface area (Å²) in [6, 6.07) is 10.8. The Bertz CT molecular complexity index is 1510. The maximum Gasteiger partial charge on any atom is 0.405 e. The van der Waals surface area contributed by atoms with Crippen molar-refractivity contribution in [1.82, 2.24) is 30.8 Å². The second-order valence-electron chi connectivity index (χ2n) is 9.16. The summed E-state index contributed by atoms with van der Waals surface area (Å²) in [5.74, 6) is -1.44. The lowest BCUT2D eigenvalue weighted by Gasteiger charge is -2.31. The normalized spacial score (nSPS) is 18.3. The Morgan fingerprint density at radius 3 is 2.45 bits per heavy atom. The Morgan fingerprint density at radius 1 is 1.10 bits per heavy atom. The van der Waals surface area contributed by atoms with E-state index in [1.54, 1.807) is 47.8 Å². The zero-order chi connectivity index (χ0) is 28.7. The summed E-state index contributed by atoms with van der Waals surface area (Å²) in [6.07, 6.45) is -2.28. The lowest BCUT2D eigenvalue weighted by atomic mass is 9.88. The highest BCUT2D eigenvalue weighted by Crippen LogP contribution is 2.33. The number of fused-ring (bicyclic) bond motifs is 1. The van der Waals surface area contributed by atoms with Crippen molar-refractivity contribution in [3.8, 4) is 17.0 Å². The zero-order valence-corrected chi connectivity index (χ0v) is 20.8. The first kappa shape index (κ1) is 26.6. The molecule has 206 valence electrons. The molecule has 0 unspecified atom stereocenters. The number of urea groups is 1. The monoisotopic (exact) mass is 554 g/mol. The number of nitrogens with one attached hydrogen (secondary N) is 3. The van der Waals surface area contributed by atoms with Crippen molar-refractivity contribution in [2.24, 2.45) is 0 Å². The quantitative estimate of drug-likeness (QED) is 0.380. The van der Waals surface area contributed by atoms with Crippen LogP contribution in [0.15, 0.2) is 54.9 Å². The molecule has 40 heavy (non-hydrogen) atoms. The average molecular weight is 554 g/mol. The molecule has 2 aliphatic heterocycles. The van der Waals surface area contributed by atoms with E-state index in [4.69, 9.17) is 4.74 Å². The van der Waals surface area contributed by atoms with Crippen LogP contribution in [-0.2, 0) is 16.9 Å². The summed E-state index contributed by atoms with van der Waals surface area (Å²) in [5.41, 5.74) is 0.588. The SMILES string of the molecule is COc1ccc2c(c1)C(=O)N(C[C@@]1(c3ccc(-c4cnc(C(=O)NCC(F)(F)F)cn4)cc3)NC(=O)NC1=O)C2. The lowest BCUT2D eigenvalue weighted by molar-refractivity contribution is -0.125. The first-order valence-corrected chi connectivity index (χ1v) is 11.9. The van der Waals surface area contributed by atoms with Gasteiger partial charge in [-0.05, 0) is 23.3 Å². The van der Waals surface area contributed by atoms with Crippen molar-refractivity contribution < 1.29 is 37.1 Å². The molecule has 3 N–H and O–H groups in total. The van der Waals surface area contributed by atoms with E-state index in [0.717, 1.165) is 11.8 Å². The number of amides is 5. The third kappa shape index (κ3) is 5.02. The predicted molar refractivity (Wildman–Crippen MR) is 132 cm³/mol. The minimum atomic E-state index is -4.56. The van der Waals surface area contributed by atoms with E-state index in [-0.39, 0.29) is 24.7 Å². The molecule has 5 rings (SSSR count). The molecule has 2 aromatic carbocycles. The maximum absolute atomic E-state index is 13.1. The molecule has 1 atom stereocenters. The molecule has 1 aromatic heterocycles. The summed E-state index contributed by atoms with van der Waals surface area (Å²) in [5, 5.41) is 6.62. The highest BCUT2D eigenvalue weighted by Gasteiger charge is 2.50. The van der Waals surface area contributed by atoms with Crippen molar-refractivity contribution >= 4 is 23.8 Å². The van der Waals surface area contributed by atoms with Crippen LogP contribution < -0.4 is 20.7 Å². The minimum absolute atomic E-state index is 0.138. The van der Waals surface area contributed by atoms with E-state index in [0.29, 0.717) is 28.1 Å². The molecular weight excluding hydrogens is 533 g/mol. The standard InChI is InChI=1S/C26H21F3N6O5/c1-40-17-7-4-15-11-35(22(37)18(15)8-17)13-25(23(38)33-24(39)34-25)16-5-2-14(3-6-16)19-9-31-20(10-30-19)21(36)32-12-26(27,28)29/h2-10H,11-13H2,1H3,(H,32,36)(H2,33,34,38,39)/t25-/m0/s1. The number of hydrogen-bond donors (Lipinski definition) is 3. The average Bonchev–Trinajstić information content (AvgIpc) is 3.41. The van der Waals surface area contributed by atoms with E-state index in [1.165, 1.54) is 18.2 Å². The fourth-order valence-corrected chi connectivity index (χ4v) is 4.57. The van der Waals surface area contributed by atoms with Crippen LogP contribution in [0.4, 0.5) is 18.0 Å². The van der Waals surface area contributed by atoms with Gasteiger partial charge in [-0.25, -0.2) is 9.78 Å². The summed E-state index contributed by atoms with van der Waals surface area (Å²) in [6.45, 7) is -1.40. The highest BCUT2D eigenvalue weighted by molar-refractivity contribution is 6.08. The second-order valence-corrected chi connectivity index (χ2v) is 9.16. The van der Waals surface area contributed by atoms with E-state index in [1.807, 2.05) is 0 Å². The first-order chi connectivity index (χ1) is 19.0. The van der Waals surface area contributed by atoms with Gasteiger partial charge < -0.3 is 20.3 Å². The van der Waals surface area contributed by atoms with E-state index < -0.39 is 36.1 Å². The first-order valence-electron chi connectivity index (χ1n) is 11.9. The molecule has 2 aliphatic rings. The topological polar surface area (TPSA) is 143 Å². The van der Waals surface area contributed by atoms with Crippen LogP contribution >= 0.6 is 0 Å². The molecule has 5 amide bonds. The molecular formula is C26H21F3N6O5. The maximum atomic E-state index is 13.1. The highest BCUT2D eigenvalue weighted by atomic mass is 19.4. The molecule has 0 bridgehead atoms. The third-order valence-electron chi connectivity index (χ3n) is 6.57. The summed E-state index contributed by atoms with van der Waals surface area (Å²) < 4.78 is 42.2. The minimum Gasteiger partial charge on any atom is -0.497 e. The Balaban J connectivity index is 1.36. The van der Waals surface area contributed by atoms with Gasteiger partial charge >= 0.3 is 12.2 Å². The number of rotatable bonds is 7. The van der Waals surface area contributed by atoms with Crippen LogP contribution in [0.1, 0.15) is 32.0 Å². The number of carbonyl (C=O) groups is 4. The van der Waals surface area contributed by atoms with E-state index >= 15 is 0 Å². The largest absolute Gasteiger partial charge is 0.497 e. The van der Waals surface area contributed by atoms with E-state index in [9.17, 15) is 32.3 Å². The van der Waals surface area contributed by atoms with Crippen molar-refractivity contribution in [2.75, 3.05) is 20.2 Å². The van der Waals surface area contributed by atoms with Gasteiger partial charge in [0.1, 0.15) is 18.0 Å². The Labute approximate surface area is 224 Å². The van der Waals surface area contributed by atoms with Crippen LogP contribution in [0.3, 0.4) is 0 Å². The van der Waals surface area contributed by atoms with Gasteiger partial charge in [-0.15, -0.1) is 0 Å². The Hall–Kier alpha value is -5.01. The number of halogens is 3. The van der Waals surface area contributed by atoms with Crippen LogP contribution in [0.25, 0.3) is 11.3 Å². The Kier molecular flexibility index (Phi) is 6.61. The number of hydrogen-bond acceptors (Lipinski definition) is 7. The fraction of sp³-hybridized carbons (Fsp3) is 0.231. The summed E-state index contributed by atoms with van der Waals surface area (Å²) >= 11 is 0. The van der Waals surface area contributed by atoms with E-state index in [2.05, 4.69) is 20.6 Å². The van der Waals surface area contributed by atoms with Gasteiger partial charge in [0.05, 0.1) is 31.7 Å². The van der Waals surface area contributed by atoms with Crippen LogP contribution in [0, 0.1) is 0 Å². The molecule has 1 fully saturated rings. The van der Waals surface area contributed by atoms with Gasteiger partial charge in [0, 0.05) is 17.7 Å².